The highest BCUT2D eigenvalue weighted by Crippen LogP contribution is 2.22. The molecule has 116 valence electrons. The van der Waals surface area contributed by atoms with Crippen LogP contribution in [0.15, 0.2) is 30.5 Å². The summed E-state index contributed by atoms with van der Waals surface area (Å²) in [6.45, 7) is 3.62. The van der Waals surface area contributed by atoms with Crippen molar-refractivity contribution in [2.75, 3.05) is 5.32 Å². The van der Waals surface area contributed by atoms with Crippen molar-refractivity contribution in [2.24, 2.45) is 7.05 Å². The summed E-state index contributed by atoms with van der Waals surface area (Å²) in [4.78, 5) is 17.1. The van der Waals surface area contributed by atoms with Crippen LogP contribution in [0.4, 0.5) is 5.69 Å². The summed E-state index contributed by atoms with van der Waals surface area (Å²) in [6.07, 6.45) is 1.68. The molecule has 0 bridgehead atoms. The van der Waals surface area contributed by atoms with E-state index >= 15 is 0 Å². The summed E-state index contributed by atoms with van der Waals surface area (Å²) >= 11 is 0. The Labute approximate surface area is 133 Å². The van der Waals surface area contributed by atoms with Crippen molar-refractivity contribution >= 4 is 22.6 Å². The normalized spacial score (nSPS) is 13.3. The zero-order valence-corrected chi connectivity index (χ0v) is 13.1. The van der Waals surface area contributed by atoms with Gasteiger partial charge in [0.2, 0.25) is 0 Å². The predicted molar refractivity (Wildman–Crippen MR) is 88.2 cm³/mol. The highest BCUT2D eigenvalue weighted by atomic mass is 16.1. The van der Waals surface area contributed by atoms with Crippen molar-refractivity contribution < 1.29 is 4.79 Å². The number of hydrogen-bond acceptors (Lipinski definition) is 4. The van der Waals surface area contributed by atoms with Gasteiger partial charge in [-0.05, 0) is 36.2 Å². The Morgan fingerprint density at radius 2 is 2.09 bits per heavy atom. The highest BCUT2D eigenvalue weighted by Gasteiger charge is 2.16. The van der Waals surface area contributed by atoms with Crippen LogP contribution in [0.3, 0.4) is 0 Å². The van der Waals surface area contributed by atoms with Crippen molar-refractivity contribution in [1.82, 2.24) is 20.1 Å². The summed E-state index contributed by atoms with van der Waals surface area (Å²) in [5.74, 6) is -0.139. The lowest BCUT2D eigenvalue weighted by Gasteiger charge is -2.09. The number of aromatic nitrogens is 3. The Balaban J connectivity index is 1.69. The van der Waals surface area contributed by atoms with Gasteiger partial charge in [0, 0.05) is 31.5 Å². The Hall–Kier alpha value is -2.73. The second kappa shape index (κ2) is 5.17. The zero-order chi connectivity index (χ0) is 16.0. The number of nitrogens with zero attached hydrogens (tertiary/aromatic N) is 3. The Morgan fingerprint density at radius 1 is 1.26 bits per heavy atom. The molecule has 0 fully saturated rings. The standard InChI is InChI=1S/C17H17N5O/c1-10-5-14(15-9-19-22(2)16(15)20-10)17(23)21-13-4-3-11-7-18-8-12(11)6-13/h3-6,9,18H,7-8H2,1-2H3,(H,21,23). The first-order chi connectivity index (χ1) is 11.1. The fraction of sp³-hybridized carbons (Fsp3) is 0.235. The molecule has 0 saturated carbocycles. The third-order valence-electron chi connectivity index (χ3n) is 4.17. The molecular weight excluding hydrogens is 290 g/mol. The average molecular weight is 307 g/mol. The van der Waals surface area contributed by atoms with Crippen LogP contribution < -0.4 is 10.6 Å². The van der Waals surface area contributed by atoms with Gasteiger partial charge in [-0.2, -0.15) is 5.10 Å². The number of nitrogens with one attached hydrogen (secondary N) is 2. The number of carbonyl (C=O) groups is 1. The lowest BCUT2D eigenvalue weighted by atomic mass is 10.1. The SMILES string of the molecule is Cc1cc(C(=O)Nc2ccc3c(c2)CNC3)c2cnn(C)c2n1. The van der Waals surface area contributed by atoms with E-state index in [1.807, 2.05) is 26.1 Å². The van der Waals surface area contributed by atoms with Crippen molar-refractivity contribution in [3.63, 3.8) is 0 Å². The number of benzene rings is 1. The zero-order valence-electron chi connectivity index (χ0n) is 13.1. The minimum atomic E-state index is -0.139. The molecule has 23 heavy (non-hydrogen) atoms. The summed E-state index contributed by atoms with van der Waals surface area (Å²) in [5, 5.41) is 11.2. The van der Waals surface area contributed by atoms with Gasteiger partial charge in [-0.15, -0.1) is 0 Å². The molecule has 1 aromatic carbocycles. The van der Waals surface area contributed by atoms with Crippen LogP contribution >= 0.6 is 0 Å². The number of fused-ring (bicyclic) bond motifs is 2. The summed E-state index contributed by atoms with van der Waals surface area (Å²) in [5.41, 5.74) is 5.44. The molecule has 3 aromatic rings. The first kappa shape index (κ1) is 13.9. The number of amides is 1. The van der Waals surface area contributed by atoms with E-state index in [4.69, 9.17) is 0 Å². The number of aryl methyl sites for hydroxylation is 2. The predicted octanol–water partition coefficient (Wildman–Crippen LogP) is 2.13. The lowest BCUT2D eigenvalue weighted by molar-refractivity contribution is 0.102. The fourth-order valence-electron chi connectivity index (χ4n) is 3.00. The van der Waals surface area contributed by atoms with Gasteiger partial charge in [0.1, 0.15) is 0 Å². The molecule has 0 atom stereocenters. The number of rotatable bonds is 2. The summed E-state index contributed by atoms with van der Waals surface area (Å²) in [7, 11) is 1.82. The molecule has 1 aliphatic heterocycles. The Bertz CT molecular complexity index is 928. The topological polar surface area (TPSA) is 71.8 Å². The largest absolute Gasteiger partial charge is 0.322 e. The maximum absolute atomic E-state index is 12.7. The third kappa shape index (κ3) is 2.37. The summed E-state index contributed by atoms with van der Waals surface area (Å²) < 4.78 is 1.68. The van der Waals surface area contributed by atoms with E-state index in [0.717, 1.165) is 29.9 Å². The van der Waals surface area contributed by atoms with Gasteiger partial charge in [0.05, 0.1) is 17.1 Å². The molecule has 3 heterocycles. The maximum Gasteiger partial charge on any atom is 0.256 e. The minimum Gasteiger partial charge on any atom is -0.322 e. The molecule has 6 nitrogen and oxygen atoms in total. The quantitative estimate of drug-likeness (QED) is 0.761. The minimum absolute atomic E-state index is 0.139. The molecule has 2 N–H and O–H groups in total. The van der Waals surface area contributed by atoms with Gasteiger partial charge >= 0.3 is 0 Å². The molecule has 4 rings (SSSR count). The maximum atomic E-state index is 12.7. The molecule has 0 spiro atoms. The molecule has 1 aliphatic rings. The number of anilines is 1. The first-order valence-corrected chi connectivity index (χ1v) is 7.55. The Morgan fingerprint density at radius 3 is 2.96 bits per heavy atom. The van der Waals surface area contributed by atoms with E-state index in [1.165, 1.54) is 11.1 Å². The van der Waals surface area contributed by atoms with Crippen LogP contribution in [-0.2, 0) is 20.1 Å². The molecular formula is C17H17N5O. The van der Waals surface area contributed by atoms with Gasteiger partial charge in [-0.25, -0.2) is 4.98 Å². The van der Waals surface area contributed by atoms with E-state index in [9.17, 15) is 4.79 Å². The van der Waals surface area contributed by atoms with Gasteiger partial charge in [0.25, 0.3) is 5.91 Å². The van der Waals surface area contributed by atoms with Gasteiger partial charge < -0.3 is 10.6 Å². The molecule has 0 unspecified atom stereocenters. The van der Waals surface area contributed by atoms with Gasteiger partial charge in [0.15, 0.2) is 5.65 Å². The highest BCUT2D eigenvalue weighted by molar-refractivity contribution is 6.12. The average Bonchev–Trinajstić information content (AvgIpc) is 3.13. The number of hydrogen-bond donors (Lipinski definition) is 2. The van der Waals surface area contributed by atoms with Gasteiger partial charge in [-0.1, -0.05) is 6.07 Å². The first-order valence-electron chi connectivity index (χ1n) is 7.55. The molecule has 2 aromatic heterocycles. The van der Waals surface area contributed by atoms with Crippen LogP contribution in [-0.4, -0.2) is 20.7 Å². The van der Waals surface area contributed by atoms with E-state index in [-0.39, 0.29) is 5.91 Å². The van der Waals surface area contributed by atoms with E-state index in [0.29, 0.717) is 11.2 Å². The third-order valence-corrected chi connectivity index (χ3v) is 4.17. The molecule has 0 saturated heterocycles. The van der Waals surface area contributed by atoms with Crippen LogP contribution in [0.5, 0.6) is 0 Å². The Kier molecular flexibility index (Phi) is 3.12. The molecule has 6 heteroatoms. The summed E-state index contributed by atoms with van der Waals surface area (Å²) in [6, 6.07) is 7.83. The van der Waals surface area contributed by atoms with E-state index < -0.39 is 0 Å². The number of carbonyl (C=O) groups excluding carboxylic acids is 1. The second-order valence-electron chi connectivity index (χ2n) is 5.86. The van der Waals surface area contributed by atoms with Crippen LogP contribution in [0, 0.1) is 6.92 Å². The molecule has 1 amide bonds. The van der Waals surface area contributed by atoms with E-state index in [2.05, 4.69) is 26.8 Å². The molecule has 0 aliphatic carbocycles. The lowest BCUT2D eigenvalue weighted by Crippen LogP contribution is -2.13. The monoisotopic (exact) mass is 307 g/mol. The van der Waals surface area contributed by atoms with Crippen LogP contribution in [0.2, 0.25) is 0 Å². The van der Waals surface area contributed by atoms with Crippen LogP contribution in [0.1, 0.15) is 27.2 Å². The number of pyridine rings is 1. The van der Waals surface area contributed by atoms with E-state index in [1.54, 1.807) is 16.9 Å². The van der Waals surface area contributed by atoms with Crippen molar-refractivity contribution in [3.8, 4) is 0 Å². The van der Waals surface area contributed by atoms with Crippen LogP contribution in [0.25, 0.3) is 11.0 Å². The van der Waals surface area contributed by atoms with Crippen molar-refractivity contribution in [2.45, 2.75) is 20.0 Å². The van der Waals surface area contributed by atoms with Crippen molar-refractivity contribution in [3.05, 3.63) is 52.8 Å². The second-order valence-corrected chi connectivity index (χ2v) is 5.86. The molecule has 0 radical (unpaired) electrons. The van der Waals surface area contributed by atoms with Gasteiger partial charge in [-0.3, -0.25) is 9.48 Å². The fourth-order valence-corrected chi connectivity index (χ4v) is 3.00. The van der Waals surface area contributed by atoms with Crippen molar-refractivity contribution in [1.29, 1.82) is 0 Å². The smallest absolute Gasteiger partial charge is 0.256 e.